The molecule has 158 valence electrons. The average molecular weight is 418 g/mol. The second-order valence-corrected chi connectivity index (χ2v) is 10.6. The molecule has 2 fully saturated rings. The van der Waals surface area contributed by atoms with Gasteiger partial charge in [0.2, 0.25) is 0 Å². The monoisotopic (exact) mass is 417 g/mol. The number of nitrogens with zero attached hydrogens (tertiary/aromatic N) is 4. The van der Waals surface area contributed by atoms with Gasteiger partial charge in [0.15, 0.2) is 21.5 Å². The van der Waals surface area contributed by atoms with Crippen LogP contribution < -0.4 is 10.2 Å². The number of hydrogen-bond acceptors (Lipinski definition) is 7. The molecule has 2 aliphatic rings. The third kappa shape index (κ3) is 5.17. The van der Waals surface area contributed by atoms with Gasteiger partial charge in [-0.05, 0) is 43.9 Å². The Morgan fingerprint density at radius 1 is 1.03 bits per heavy atom. The highest BCUT2D eigenvalue weighted by molar-refractivity contribution is 7.91. The number of fused-ring (bicyclic) bond motifs is 1. The molecule has 0 saturated carbocycles. The highest BCUT2D eigenvalue weighted by Gasteiger charge is 2.22. The Balaban J connectivity index is 1.41. The van der Waals surface area contributed by atoms with Gasteiger partial charge in [-0.1, -0.05) is 19.1 Å². The zero-order valence-corrected chi connectivity index (χ0v) is 18.0. The molecule has 1 aromatic carbocycles. The molecule has 2 saturated heterocycles. The Morgan fingerprint density at radius 2 is 1.69 bits per heavy atom. The van der Waals surface area contributed by atoms with Crippen molar-refractivity contribution >= 4 is 32.5 Å². The summed E-state index contributed by atoms with van der Waals surface area (Å²) in [6.07, 6.45) is 3.32. The van der Waals surface area contributed by atoms with Crippen LogP contribution in [-0.4, -0.2) is 74.1 Å². The van der Waals surface area contributed by atoms with Gasteiger partial charge < -0.3 is 15.1 Å². The van der Waals surface area contributed by atoms with E-state index in [-0.39, 0.29) is 11.5 Å². The van der Waals surface area contributed by atoms with Crippen molar-refractivity contribution in [1.82, 2.24) is 14.9 Å². The largest absolute Gasteiger partial charge is 0.367 e. The fraction of sp³-hybridized carbons (Fsp3) is 0.619. The van der Waals surface area contributed by atoms with Crippen LogP contribution in [0.3, 0.4) is 0 Å². The number of rotatable bonds is 6. The number of sulfone groups is 1. The summed E-state index contributed by atoms with van der Waals surface area (Å²) in [6.45, 7) is 7.35. The van der Waals surface area contributed by atoms with Gasteiger partial charge in [0.05, 0.1) is 22.5 Å². The third-order valence-electron chi connectivity index (χ3n) is 6.02. The Hall–Kier alpha value is -1.93. The maximum absolute atomic E-state index is 11.6. The van der Waals surface area contributed by atoms with Gasteiger partial charge in [-0.3, -0.25) is 0 Å². The second kappa shape index (κ2) is 8.83. The number of hydrogen-bond donors (Lipinski definition) is 1. The molecule has 0 unspecified atom stereocenters. The van der Waals surface area contributed by atoms with Crippen molar-refractivity contribution in [3.8, 4) is 0 Å². The van der Waals surface area contributed by atoms with Crippen LogP contribution in [0.25, 0.3) is 11.0 Å². The topological polar surface area (TPSA) is 78.4 Å². The summed E-state index contributed by atoms with van der Waals surface area (Å²) in [6, 6.07) is 8.02. The predicted octanol–water partition coefficient (Wildman–Crippen LogP) is 2.40. The van der Waals surface area contributed by atoms with E-state index in [4.69, 9.17) is 9.97 Å². The van der Waals surface area contributed by atoms with Gasteiger partial charge in [0, 0.05) is 32.7 Å². The van der Waals surface area contributed by atoms with Crippen molar-refractivity contribution in [3.63, 3.8) is 0 Å². The van der Waals surface area contributed by atoms with E-state index in [1.54, 1.807) is 0 Å². The molecule has 1 aromatic heterocycles. The molecular weight excluding hydrogens is 386 g/mol. The lowest BCUT2D eigenvalue weighted by Crippen LogP contribution is -2.41. The third-order valence-corrected chi connectivity index (χ3v) is 7.63. The highest BCUT2D eigenvalue weighted by Crippen LogP contribution is 2.28. The van der Waals surface area contributed by atoms with Crippen molar-refractivity contribution in [3.05, 3.63) is 24.3 Å². The van der Waals surface area contributed by atoms with Crippen LogP contribution in [0.15, 0.2) is 24.3 Å². The summed E-state index contributed by atoms with van der Waals surface area (Å²) in [5.74, 6) is 3.16. The smallest absolute Gasteiger partial charge is 0.172 e. The molecule has 2 aromatic rings. The minimum Gasteiger partial charge on any atom is -0.367 e. The number of aromatic nitrogens is 2. The first kappa shape index (κ1) is 20.3. The molecule has 8 heteroatoms. The Morgan fingerprint density at radius 3 is 2.38 bits per heavy atom. The fourth-order valence-corrected chi connectivity index (χ4v) is 5.31. The van der Waals surface area contributed by atoms with Crippen molar-refractivity contribution in [1.29, 1.82) is 0 Å². The van der Waals surface area contributed by atoms with Gasteiger partial charge in [-0.15, -0.1) is 0 Å². The maximum atomic E-state index is 11.6. The van der Waals surface area contributed by atoms with Crippen LogP contribution in [0, 0.1) is 5.92 Å². The van der Waals surface area contributed by atoms with E-state index in [1.807, 2.05) is 24.3 Å². The molecule has 0 atom stereocenters. The quantitative estimate of drug-likeness (QED) is 0.723. The number of para-hydroxylation sites is 2. The Kier molecular flexibility index (Phi) is 6.20. The van der Waals surface area contributed by atoms with Gasteiger partial charge in [0.1, 0.15) is 0 Å². The molecule has 0 aliphatic carbocycles. The van der Waals surface area contributed by atoms with E-state index in [1.165, 1.54) is 12.8 Å². The van der Waals surface area contributed by atoms with E-state index < -0.39 is 9.84 Å². The van der Waals surface area contributed by atoms with Crippen LogP contribution in [0.5, 0.6) is 0 Å². The number of nitrogens with one attached hydrogen (secondary N) is 1. The van der Waals surface area contributed by atoms with Gasteiger partial charge in [-0.2, -0.15) is 0 Å². The zero-order chi connectivity index (χ0) is 20.3. The lowest BCUT2D eigenvalue weighted by molar-refractivity contribution is 0.294. The molecule has 3 heterocycles. The normalized spacial score (nSPS) is 20.8. The zero-order valence-electron chi connectivity index (χ0n) is 17.2. The van der Waals surface area contributed by atoms with Gasteiger partial charge in [-0.25, -0.2) is 18.4 Å². The Labute approximate surface area is 173 Å². The molecule has 4 rings (SSSR count). The van der Waals surface area contributed by atoms with E-state index in [0.717, 1.165) is 61.2 Å². The minimum atomic E-state index is -2.81. The molecule has 7 nitrogen and oxygen atoms in total. The summed E-state index contributed by atoms with van der Waals surface area (Å²) < 4.78 is 23.1. The van der Waals surface area contributed by atoms with E-state index in [0.29, 0.717) is 13.1 Å². The maximum Gasteiger partial charge on any atom is 0.172 e. The predicted molar refractivity (Wildman–Crippen MR) is 118 cm³/mol. The first-order valence-corrected chi connectivity index (χ1v) is 12.5. The first-order chi connectivity index (χ1) is 14.0. The summed E-state index contributed by atoms with van der Waals surface area (Å²) in [4.78, 5) is 14.4. The number of piperidine rings is 1. The molecule has 1 N–H and O–H groups in total. The Bertz CT molecular complexity index is 927. The SMILES string of the molecule is CC1CCN(c2nc3ccccc3nc2NCCCN2CCS(=O)(=O)CC2)CC1. The van der Waals surface area contributed by atoms with Crippen molar-refractivity contribution < 1.29 is 8.42 Å². The van der Waals surface area contributed by atoms with E-state index >= 15 is 0 Å². The molecule has 29 heavy (non-hydrogen) atoms. The van der Waals surface area contributed by atoms with Crippen LogP contribution in [0.4, 0.5) is 11.6 Å². The minimum absolute atomic E-state index is 0.286. The van der Waals surface area contributed by atoms with E-state index in [9.17, 15) is 8.42 Å². The summed E-state index contributed by atoms with van der Waals surface area (Å²) in [7, 11) is -2.81. The van der Waals surface area contributed by atoms with Crippen LogP contribution in [0.2, 0.25) is 0 Å². The van der Waals surface area contributed by atoms with Crippen LogP contribution in [0.1, 0.15) is 26.2 Å². The fourth-order valence-electron chi connectivity index (χ4n) is 4.03. The summed E-state index contributed by atoms with van der Waals surface area (Å²) in [5, 5.41) is 3.51. The highest BCUT2D eigenvalue weighted by atomic mass is 32.2. The molecule has 0 spiro atoms. The molecule has 0 amide bonds. The molecule has 0 radical (unpaired) electrons. The summed E-state index contributed by atoms with van der Waals surface area (Å²) >= 11 is 0. The molecular formula is C21H31N5O2S. The van der Waals surface area contributed by atoms with Gasteiger partial charge in [0.25, 0.3) is 0 Å². The van der Waals surface area contributed by atoms with E-state index in [2.05, 4.69) is 22.0 Å². The average Bonchev–Trinajstić information content (AvgIpc) is 2.72. The summed E-state index contributed by atoms with van der Waals surface area (Å²) in [5.41, 5.74) is 1.84. The number of benzene rings is 1. The molecule has 0 bridgehead atoms. The van der Waals surface area contributed by atoms with Crippen LogP contribution >= 0.6 is 0 Å². The molecule has 2 aliphatic heterocycles. The van der Waals surface area contributed by atoms with Crippen molar-refractivity contribution in [2.24, 2.45) is 5.92 Å². The van der Waals surface area contributed by atoms with Crippen molar-refractivity contribution in [2.75, 3.05) is 61.0 Å². The standard InChI is InChI=1S/C21H31N5O2S/c1-17-7-11-26(12-8-17)21-20(23-18-5-2-3-6-19(18)24-21)22-9-4-10-25-13-15-29(27,28)16-14-25/h2-3,5-6,17H,4,7-16H2,1H3,(H,22,23). The van der Waals surface area contributed by atoms with Crippen molar-refractivity contribution in [2.45, 2.75) is 26.2 Å². The lowest BCUT2D eigenvalue weighted by atomic mass is 9.99. The van der Waals surface area contributed by atoms with Crippen LogP contribution in [-0.2, 0) is 9.84 Å². The van der Waals surface area contributed by atoms with Gasteiger partial charge >= 0.3 is 0 Å². The lowest BCUT2D eigenvalue weighted by Gasteiger charge is -2.32. The number of anilines is 2. The first-order valence-electron chi connectivity index (χ1n) is 10.7. The second-order valence-electron chi connectivity index (χ2n) is 8.33.